The number of halogens is 1. The van der Waals surface area contributed by atoms with Crippen molar-refractivity contribution in [3.8, 4) is 11.4 Å². The molecule has 6 nitrogen and oxygen atoms in total. The Morgan fingerprint density at radius 3 is 2.69 bits per heavy atom. The van der Waals surface area contributed by atoms with Crippen LogP contribution in [0.2, 0.25) is 0 Å². The molecule has 4 rings (SSSR count). The molecule has 7 heteroatoms. The lowest BCUT2D eigenvalue weighted by molar-refractivity contribution is 0.0695. The molecular formula is C25H29FN4O2. The fourth-order valence-electron chi connectivity index (χ4n) is 4.15. The monoisotopic (exact) mass is 436 g/mol. The maximum absolute atomic E-state index is 13.5. The molecule has 168 valence electrons. The smallest absolute Gasteiger partial charge is 0.253 e. The Kier molecular flexibility index (Phi) is 6.95. The predicted molar refractivity (Wildman–Crippen MR) is 121 cm³/mol. The van der Waals surface area contributed by atoms with Crippen molar-refractivity contribution in [2.24, 2.45) is 0 Å². The molecule has 1 unspecified atom stereocenters. The highest BCUT2D eigenvalue weighted by Gasteiger charge is 2.29. The molecule has 0 saturated carbocycles. The zero-order chi connectivity index (χ0) is 22.5. The molecule has 2 heterocycles. The Morgan fingerprint density at radius 2 is 1.97 bits per heavy atom. The minimum absolute atomic E-state index is 0.0222. The number of hydrogen-bond acceptors (Lipinski definition) is 5. The molecule has 0 N–H and O–H groups in total. The summed E-state index contributed by atoms with van der Waals surface area (Å²) in [5.74, 6) is 0.521. The third-order valence-corrected chi connectivity index (χ3v) is 6.08. The van der Waals surface area contributed by atoms with Gasteiger partial charge in [-0.1, -0.05) is 43.3 Å². The largest absolute Gasteiger partial charge is 0.339 e. The van der Waals surface area contributed by atoms with Gasteiger partial charge in [-0.05, 0) is 55.8 Å². The standard InChI is InChI=1S/C25H29FN4O2/c1-3-29(4-2)16-18-10-12-19(13-11-18)25(31)30-14-6-8-21(17-30)24-27-23(28-32-24)20-7-5-9-22(26)15-20/h5,7,9-13,15,21H,3-4,6,8,14,16-17H2,1-2H3. The average Bonchev–Trinajstić information content (AvgIpc) is 3.33. The number of carbonyl (C=O) groups excluding carboxylic acids is 1. The van der Waals surface area contributed by atoms with E-state index in [4.69, 9.17) is 4.52 Å². The van der Waals surface area contributed by atoms with Gasteiger partial charge in [-0.3, -0.25) is 9.69 Å². The van der Waals surface area contributed by atoms with Gasteiger partial charge in [0.1, 0.15) is 5.82 Å². The van der Waals surface area contributed by atoms with E-state index in [-0.39, 0.29) is 17.6 Å². The number of nitrogens with zero attached hydrogens (tertiary/aromatic N) is 4. The van der Waals surface area contributed by atoms with Crippen molar-refractivity contribution in [3.05, 3.63) is 71.4 Å². The number of benzene rings is 2. The minimum atomic E-state index is -0.341. The number of carbonyl (C=O) groups is 1. The molecule has 1 aromatic heterocycles. The molecule has 0 spiro atoms. The van der Waals surface area contributed by atoms with Crippen molar-refractivity contribution in [1.29, 1.82) is 0 Å². The first-order chi connectivity index (χ1) is 15.6. The number of rotatable bonds is 7. The van der Waals surface area contributed by atoms with Gasteiger partial charge in [-0.15, -0.1) is 0 Å². The van der Waals surface area contributed by atoms with Crippen LogP contribution in [0.4, 0.5) is 4.39 Å². The number of likely N-dealkylation sites (tertiary alicyclic amines) is 1. The van der Waals surface area contributed by atoms with Gasteiger partial charge in [0.05, 0.1) is 5.92 Å². The molecule has 1 saturated heterocycles. The normalized spacial score (nSPS) is 16.5. The van der Waals surface area contributed by atoms with E-state index in [1.807, 2.05) is 29.2 Å². The summed E-state index contributed by atoms with van der Waals surface area (Å²) in [6, 6.07) is 14.0. The van der Waals surface area contributed by atoms with Crippen molar-refractivity contribution < 1.29 is 13.7 Å². The van der Waals surface area contributed by atoms with Gasteiger partial charge < -0.3 is 9.42 Å². The molecule has 1 atom stereocenters. The highest BCUT2D eigenvalue weighted by atomic mass is 19.1. The summed E-state index contributed by atoms with van der Waals surface area (Å²) in [5.41, 5.74) is 2.48. The van der Waals surface area contributed by atoms with E-state index in [0.29, 0.717) is 35.9 Å². The maximum Gasteiger partial charge on any atom is 0.253 e. The quantitative estimate of drug-likeness (QED) is 0.535. The topological polar surface area (TPSA) is 62.5 Å². The molecule has 1 aliphatic heterocycles. The second-order valence-corrected chi connectivity index (χ2v) is 8.22. The fourth-order valence-corrected chi connectivity index (χ4v) is 4.15. The van der Waals surface area contributed by atoms with Crippen LogP contribution < -0.4 is 0 Å². The van der Waals surface area contributed by atoms with Crippen LogP contribution in [0, 0.1) is 5.82 Å². The van der Waals surface area contributed by atoms with E-state index in [1.165, 1.54) is 17.7 Å². The van der Waals surface area contributed by atoms with Crippen LogP contribution in [-0.4, -0.2) is 52.0 Å². The zero-order valence-corrected chi connectivity index (χ0v) is 18.6. The first-order valence-corrected chi connectivity index (χ1v) is 11.3. The number of piperidine rings is 1. The van der Waals surface area contributed by atoms with Gasteiger partial charge in [0.25, 0.3) is 5.91 Å². The summed E-state index contributed by atoms with van der Waals surface area (Å²) in [7, 11) is 0. The third kappa shape index (κ3) is 5.05. The van der Waals surface area contributed by atoms with Gasteiger partial charge in [0, 0.05) is 30.8 Å². The Morgan fingerprint density at radius 1 is 1.19 bits per heavy atom. The highest BCUT2D eigenvalue weighted by Crippen LogP contribution is 2.28. The Hall–Kier alpha value is -3.06. The van der Waals surface area contributed by atoms with Crippen LogP contribution in [-0.2, 0) is 6.54 Å². The average molecular weight is 437 g/mol. The molecule has 0 radical (unpaired) electrons. The summed E-state index contributed by atoms with van der Waals surface area (Å²) >= 11 is 0. The second kappa shape index (κ2) is 10.0. The summed E-state index contributed by atoms with van der Waals surface area (Å²) < 4.78 is 19.0. The Labute approximate surface area is 188 Å². The van der Waals surface area contributed by atoms with Crippen LogP contribution in [0.1, 0.15) is 54.4 Å². The summed E-state index contributed by atoms with van der Waals surface area (Å²) in [6.07, 6.45) is 1.74. The van der Waals surface area contributed by atoms with E-state index in [0.717, 1.165) is 32.5 Å². The summed E-state index contributed by atoms with van der Waals surface area (Å²) in [5, 5.41) is 4.02. The van der Waals surface area contributed by atoms with E-state index in [1.54, 1.807) is 12.1 Å². The third-order valence-electron chi connectivity index (χ3n) is 6.08. The molecule has 0 bridgehead atoms. The van der Waals surface area contributed by atoms with Crippen LogP contribution in [0.15, 0.2) is 53.1 Å². The lowest BCUT2D eigenvalue weighted by atomic mass is 9.97. The van der Waals surface area contributed by atoms with Gasteiger partial charge in [-0.2, -0.15) is 4.98 Å². The lowest BCUT2D eigenvalue weighted by Gasteiger charge is -2.31. The van der Waals surface area contributed by atoms with Crippen molar-refractivity contribution in [2.45, 2.75) is 39.2 Å². The SMILES string of the molecule is CCN(CC)Cc1ccc(C(=O)N2CCCC(c3nc(-c4cccc(F)c4)no3)C2)cc1. The molecule has 1 fully saturated rings. The molecule has 2 aromatic carbocycles. The van der Waals surface area contributed by atoms with Gasteiger partial charge >= 0.3 is 0 Å². The van der Waals surface area contributed by atoms with Crippen molar-refractivity contribution in [3.63, 3.8) is 0 Å². The summed E-state index contributed by atoms with van der Waals surface area (Å²) in [6.45, 7) is 8.44. The Bertz CT molecular complexity index is 1050. The first kappa shape index (κ1) is 22.1. The highest BCUT2D eigenvalue weighted by molar-refractivity contribution is 5.94. The lowest BCUT2D eigenvalue weighted by Crippen LogP contribution is -2.39. The first-order valence-electron chi connectivity index (χ1n) is 11.3. The fraction of sp³-hybridized carbons (Fsp3) is 0.400. The van der Waals surface area contributed by atoms with Gasteiger partial charge in [0.2, 0.25) is 11.7 Å². The van der Waals surface area contributed by atoms with Crippen LogP contribution in [0.5, 0.6) is 0 Å². The molecular weight excluding hydrogens is 407 g/mol. The van der Waals surface area contributed by atoms with E-state index >= 15 is 0 Å². The number of aromatic nitrogens is 2. The molecule has 1 aliphatic rings. The molecule has 0 aliphatic carbocycles. The van der Waals surface area contributed by atoms with E-state index in [2.05, 4.69) is 28.9 Å². The van der Waals surface area contributed by atoms with Gasteiger partial charge in [0.15, 0.2) is 0 Å². The molecule has 3 aromatic rings. The van der Waals surface area contributed by atoms with Crippen LogP contribution in [0.25, 0.3) is 11.4 Å². The van der Waals surface area contributed by atoms with Crippen LogP contribution in [0.3, 0.4) is 0 Å². The van der Waals surface area contributed by atoms with Crippen molar-refractivity contribution in [2.75, 3.05) is 26.2 Å². The maximum atomic E-state index is 13.5. The van der Waals surface area contributed by atoms with E-state index in [9.17, 15) is 9.18 Å². The number of hydrogen-bond donors (Lipinski definition) is 0. The van der Waals surface area contributed by atoms with Gasteiger partial charge in [-0.25, -0.2) is 4.39 Å². The zero-order valence-electron chi connectivity index (χ0n) is 18.6. The van der Waals surface area contributed by atoms with Crippen molar-refractivity contribution in [1.82, 2.24) is 19.9 Å². The molecule has 1 amide bonds. The van der Waals surface area contributed by atoms with Crippen LogP contribution >= 0.6 is 0 Å². The van der Waals surface area contributed by atoms with E-state index < -0.39 is 0 Å². The summed E-state index contributed by atoms with van der Waals surface area (Å²) in [4.78, 5) is 21.8. The number of amides is 1. The predicted octanol–water partition coefficient (Wildman–Crippen LogP) is 4.74. The second-order valence-electron chi connectivity index (χ2n) is 8.22. The Balaban J connectivity index is 1.42. The van der Waals surface area contributed by atoms with Crippen molar-refractivity contribution >= 4 is 5.91 Å². The minimum Gasteiger partial charge on any atom is -0.339 e. The molecule has 32 heavy (non-hydrogen) atoms.